The summed E-state index contributed by atoms with van der Waals surface area (Å²) in [6.07, 6.45) is 0. The van der Waals surface area contributed by atoms with Gasteiger partial charge in [0.15, 0.2) is 0 Å². The van der Waals surface area contributed by atoms with E-state index in [2.05, 4.69) is 24.5 Å². The Morgan fingerprint density at radius 2 is 1.83 bits per heavy atom. The number of nitrogens with one attached hydrogen (secondary N) is 2. The van der Waals surface area contributed by atoms with Crippen molar-refractivity contribution >= 4 is 6.03 Å². The molecule has 1 unspecified atom stereocenters. The lowest BCUT2D eigenvalue weighted by Gasteiger charge is -2.15. The molecule has 0 aliphatic carbocycles. The Morgan fingerprint density at radius 1 is 1.09 bits per heavy atom. The molecule has 23 heavy (non-hydrogen) atoms. The standard InChI is InChI=1S/C19H24N2O2/c1-14-9-10-18(13-15(14)2)23-12-11-20-19(22)21-16(3)17-7-5-4-6-8-17/h4-10,13,16H,11-12H2,1-3H3,(H2,20,21,22). The van der Waals surface area contributed by atoms with Crippen LogP contribution >= 0.6 is 0 Å². The van der Waals surface area contributed by atoms with Gasteiger partial charge in [-0.2, -0.15) is 0 Å². The van der Waals surface area contributed by atoms with Crippen LogP contribution in [0.3, 0.4) is 0 Å². The second-order valence-corrected chi connectivity index (χ2v) is 5.63. The maximum Gasteiger partial charge on any atom is 0.315 e. The van der Waals surface area contributed by atoms with Gasteiger partial charge in [-0.3, -0.25) is 0 Å². The summed E-state index contributed by atoms with van der Waals surface area (Å²) in [6.45, 7) is 6.98. The highest BCUT2D eigenvalue weighted by molar-refractivity contribution is 5.74. The molecule has 2 rings (SSSR count). The molecule has 2 N–H and O–H groups in total. The predicted octanol–water partition coefficient (Wildman–Crippen LogP) is 3.74. The zero-order chi connectivity index (χ0) is 16.7. The van der Waals surface area contributed by atoms with E-state index in [1.165, 1.54) is 11.1 Å². The number of carbonyl (C=O) groups excluding carboxylic acids is 1. The van der Waals surface area contributed by atoms with Crippen molar-refractivity contribution in [1.82, 2.24) is 10.6 Å². The van der Waals surface area contributed by atoms with Gasteiger partial charge in [0.05, 0.1) is 12.6 Å². The molecule has 0 aromatic heterocycles. The largest absolute Gasteiger partial charge is 0.492 e. The topological polar surface area (TPSA) is 50.4 Å². The van der Waals surface area contributed by atoms with Crippen LogP contribution in [-0.2, 0) is 0 Å². The number of rotatable bonds is 6. The second kappa shape index (κ2) is 8.22. The van der Waals surface area contributed by atoms with Crippen LogP contribution in [0.25, 0.3) is 0 Å². The fourth-order valence-corrected chi connectivity index (χ4v) is 2.21. The first-order valence-electron chi connectivity index (χ1n) is 7.85. The summed E-state index contributed by atoms with van der Waals surface area (Å²) in [4.78, 5) is 11.9. The van der Waals surface area contributed by atoms with E-state index in [-0.39, 0.29) is 12.1 Å². The van der Waals surface area contributed by atoms with E-state index in [0.29, 0.717) is 13.2 Å². The maximum absolute atomic E-state index is 11.9. The Hall–Kier alpha value is -2.49. The zero-order valence-electron chi connectivity index (χ0n) is 13.9. The summed E-state index contributed by atoms with van der Waals surface area (Å²) >= 11 is 0. The van der Waals surface area contributed by atoms with Crippen molar-refractivity contribution in [3.05, 3.63) is 65.2 Å². The highest BCUT2D eigenvalue weighted by Crippen LogP contribution is 2.16. The molecule has 0 fully saturated rings. The number of ether oxygens (including phenoxy) is 1. The number of urea groups is 1. The minimum atomic E-state index is -0.190. The number of amides is 2. The van der Waals surface area contributed by atoms with Crippen molar-refractivity contribution in [2.75, 3.05) is 13.2 Å². The van der Waals surface area contributed by atoms with Crippen molar-refractivity contribution in [1.29, 1.82) is 0 Å². The number of aryl methyl sites for hydroxylation is 2. The molecule has 0 spiro atoms. The van der Waals surface area contributed by atoms with Gasteiger partial charge < -0.3 is 15.4 Å². The normalized spacial score (nSPS) is 11.6. The highest BCUT2D eigenvalue weighted by atomic mass is 16.5. The van der Waals surface area contributed by atoms with E-state index in [1.54, 1.807) is 0 Å². The molecular weight excluding hydrogens is 288 g/mol. The molecule has 4 heteroatoms. The smallest absolute Gasteiger partial charge is 0.315 e. The highest BCUT2D eigenvalue weighted by Gasteiger charge is 2.08. The molecule has 1 atom stereocenters. The lowest BCUT2D eigenvalue weighted by Crippen LogP contribution is -2.38. The van der Waals surface area contributed by atoms with Crippen molar-refractivity contribution in [2.45, 2.75) is 26.8 Å². The van der Waals surface area contributed by atoms with Gasteiger partial charge in [0.1, 0.15) is 12.4 Å². The average Bonchev–Trinajstić information content (AvgIpc) is 2.55. The molecular formula is C19H24N2O2. The molecule has 2 amide bonds. The van der Waals surface area contributed by atoms with Gasteiger partial charge in [-0.15, -0.1) is 0 Å². The first kappa shape index (κ1) is 16.9. The van der Waals surface area contributed by atoms with Gasteiger partial charge in [0.2, 0.25) is 0 Å². The van der Waals surface area contributed by atoms with Crippen LogP contribution < -0.4 is 15.4 Å². The minimum absolute atomic E-state index is 0.0307. The van der Waals surface area contributed by atoms with E-state index < -0.39 is 0 Å². The van der Waals surface area contributed by atoms with E-state index in [9.17, 15) is 4.79 Å². The molecule has 122 valence electrons. The van der Waals surface area contributed by atoms with Crippen molar-refractivity contribution in [3.8, 4) is 5.75 Å². The fraction of sp³-hybridized carbons (Fsp3) is 0.316. The molecule has 0 aliphatic heterocycles. The Balaban J connectivity index is 1.69. The maximum atomic E-state index is 11.9. The molecule has 2 aromatic carbocycles. The minimum Gasteiger partial charge on any atom is -0.492 e. The first-order valence-corrected chi connectivity index (χ1v) is 7.85. The van der Waals surface area contributed by atoms with Gasteiger partial charge >= 0.3 is 6.03 Å². The third kappa shape index (κ3) is 5.33. The van der Waals surface area contributed by atoms with E-state index in [1.807, 2.05) is 55.5 Å². The first-order chi connectivity index (χ1) is 11.1. The van der Waals surface area contributed by atoms with Crippen molar-refractivity contribution in [3.63, 3.8) is 0 Å². The van der Waals surface area contributed by atoms with E-state index >= 15 is 0 Å². The molecule has 4 nitrogen and oxygen atoms in total. The number of hydrogen-bond acceptors (Lipinski definition) is 2. The van der Waals surface area contributed by atoms with Crippen molar-refractivity contribution < 1.29 is 9.53 Å². The third-order valence-corrected chi connectivity index (χ3v) is 3.78. The van der Waals surface area contributed by atoms with Crippen molar-refractivity contribution in [2.24, 2.45) is 0 Å². The molecule has 0 bridgehead atoms. The Bertz CT molecular complexity index is 641. The Kier molecular flexibility index (Phi) is 6.03. The summed E-state index contributed by atoms with van der Waals surface area (Å²) in [6, 6.07) is 15.6. The molecule has 0 saturated carbocycles. The molecule has 0 radical (unpaired) electrons. The molecule has 0 heterocycles. The number of carbonyl (C=O) groups is 1. The lowest BCUT2D eigenvalue weighted by molar-refractivity contribution is 0.233. The Labute approximate surface area is 137 Å². The van der Waals surface area contributed by atoms with Crippen LogP contribution in [0.15, 0.2) is 48.5 Å². The Morgan fingerprint density at radius 3 is 2.52 bits per heavy atom. The number of hydrogen-bond donors (Lipinski definition) is 2. The SMILES string of the molecule is Cc1ccc(OCCNC(=O)NC(C)c2ccccc2)cc1C. The zero-order valence-corrected chi connectivity index (χ0v) is 13.9. The summed E-state index contributed by atoms with van der Waals surface area (Å²) in [7, 11) is 0. The summed E-state index contributed by atoms with van der Waals surface area (Å²) in [5, 5.41) is 5.71. The van der Waals surface area contributed by atoms with Gasteiger partial charge in [-0.05, 0) is 49.6 Å². The van der Waals surface area contributed by atoms with Crippen LogP contribution in [0.5, 0.6) is 5.75 Å². The quantitative estimate of drug-likeness (QED) is 0.798. The second-order valence-electron chi connectivity index (χ2n) is 5.63. The van der Waals surface area contributed by atoms with Gasteiger partial charge in [-0.25, -0.2) is 4.79 Å². The molecule has 0 aliphatic rings. The monoisotopic (exact) mass is 312 g/mol. The molecule has 2 aromatic rings. The van der Waals surface area contributed by atoms with Gasteiger partial charge in [0, 0.05) is 0 Å². The summed E-state index contributed by atoms with van der Waals surface area (Å²) < 4.78 is 5.64. The van der Waals surface area contributed by atoms with Crippen LogP contribution in [0.1, 0.15) is 29.7 Å². The van der Waals surface area contributed by atoms with E-state index in [4.69, 9.17) is 4.74 Å². The van der Waals surface area contributed by atoms with E-state index in [0.717, 1.165) is 11.3 Å². The lowest BCUT2D eigenvalue weighted by atomic mass is 10.1. The average molecular weight is 312 g/mol. The van der Waals surface area contributed by atoms with Crippen LogP contribution in [0.4, 0.5) is 4.79 Å². The predicted molar refractivity (Wildman–Crippen MR) is 92.8 cm³/mol. The summed E-state index contributed by atoms with van der Waals surface area (Å²) in [5.41, 5.74) is 3.52. The third-order valence-electron chi connectivity index (χ3n) is 3.78. The fourth-order valence-electron chi connectivity index (χ4n) is 2.21. The molecule has 0 saturated heterocycles. The summed E-state index contributed by atoms with van der Waals surface area (Å²) in [5.74, 6) is 0.827. The van der Waals surface area contributed by atoms with Gasteiger partial charge in [0.25, 0.3) is 0 Å². The van der Waals surface area contributed by atoms with Crippen LogP contribution in [0.2, 0.25) is 0 Å². The van der Waals surface area contributed by atoms with Crippen LogP contribution in [-0.4, -0.2) is 19.2 Å². The van der Waals surface area contributed by atoms with Gasteiger partial charge in [-0.1, -0.05) is 36.4 Å². The van der Waals surface area contributed by atoms with Crippen LogP contribution in [0, 0.1) is 13.8 Å². The number of benzene rings is 2.